The minimum atomic E-state index is -0.821. The predicted octanol–water partition coefficient (Wildman–Crippen LogP) is 9.08. The van der Waals surface area contributed by atoms with Crippen LogP contribution in [0.3, 0.4) is 0 Å². The topological polar surface area (TPSA) is 88.2 Å². The van der Waals surface area contributed by atoms with Crippen LogP contribution < -0.4 is 22.7 Å². The van der Waals surface area contributed by atoms with E-state index in [1.165, 1.54) is 37.1 Å². The van der Waals surface area contributed by atoms with Crippen molar-refractivity contribution < 1.29 is 44.2 Å². The summed E-state index contributed by atoms with van der Waals surface area (Å²) in [6, 6.07) is 16.7. The minimum Gasteiger partial charge on any atom is -1.00 e. The summed E-state index contributed by atoms with van der Waals surface area (Å²) in [6.07, 6.45) is 10.8. The summed E-state index contributed by atoms with van der Waals surface area (Å²) in [5.74, 6) is -1.33. The van der Waals surface area contributed by atoms with E-state index in [2.05, 4.69) is 60.9 Å². The van der Waals surface area contributed by atoms with Gasteiger partial charge in [0.15, 0.2) is 0 Å². The van der Waals surface area contributed by atoms with Gasteiger partial charge >= 0.3 is 28.7 Å². The second-order valence-corrected chi connectivity index (χ2v) is 13.9. The van der Waals surface area contributed by atoms with E-state index >= 15 is 0 Å². The Morgan fingerprint density at radius 1 is 0.786 bits per heavy atom. The average Bonchev–Trinajstić information content (AvgIpc) is 3.98. The van der Waals surface area contributed by atoms with Crippen LogP contribution in [0.4, 0.5) is 28.9 Å². The van der Waals surface area contributed by atoms with Crippen LogP contribution in [-0.4, -0.2) is 50.3 Å². The number of aryl methyl sites for hydroxylation is 2. The third-order valence-corrected chi connectivity index (χ3v) is 9.61. The average molecular weight is 1070 g/mol. The molecule has 2 aliphatic rings. The molecular formula is C39H37Br4ClF4MgN4O3. The number of benzene rings is 4. The fourth-order valence-electron chi connectivity index (χ4n) is 5.15. The normalized spacial score (nSPS) is 11.4. The van der Waals surface area contributed by atoms with Crippen molar-refractivity contribution >= 4 is 123 Å². The molecule has 0 saturated carbocycles. The Hall–Kier alpha value is -2.70. The largest absolute Gasteiger partial charge is 2.00 e. The number of nitro groups is 1. The van der Waals surface area contributed by atoms with E-state index < -0.39 is 16.4 Å². The van der Waals surface area contributed by atoms with Gasteiger partial charge in [0.25, 0.3) is 0 Å². The first-order valence-electron chi connectivity index (χ1n) is 15.9. The van der Waals surface area contributed by atoms with E-state index in [-0.39, 0.29) is 69.9 Å². The molecule has 6 aromatic rings. The van der Waals surface area contributed by atoms with Crippen molar-refractivity contribution in [3.8, 4) is 0 Å². The summed E-state index contributed by atoms with van der Waals surface area (Å²) in [6.45, 7) is 9.00. The number of nitrogens with zero attached hydrogens (tertiary/aromatic N) is 3. The van der Waals surface area contributed by atoms with Crippen molar-refractivity contribution in [2.75, 3.05) is 18.9 Å². The molecule has 1 fully saturated rings. The van der Waals surface area contributed by atoms with Crippen molar-refractivity contribution in [3.05, 3.63) is 156 Å². The van der Waals surface area contributed by atoms with Gasteiger partial charge in [-0.05, 0) is 91.1 Å². The monoisotopic (exact) mass is 1060 g/mol. The number of hydrogen-bond acceptors (Lipinski definition) is 4. The van der Waals surface area contributed by atoms with Gasteiger partial charge in [0.2, 0.25) is 5.82 Å². The van der Waals surface area contributed by atoms with Gasteiger partial charge in [-0.1, -0.05) is 59.9 Å². The summed E-state index contributed by atoms with van der Waals surface area (Å²) < 4.78 is 62.8. The number of anilines is 1. The van der Waals surface area contributed by atoms with E-state index in [0.717, 1.165) is 62.6 Å². The van der Waals surface area contributed by atoms with Crippen molar-refractivity contribution in [1.29, 1.82) is 0 Å². The van der Waals surface area contributed by atoms with E-state index in [1.807, 2.05) is 37.5 Å². The quantitative estimate of drug-likeness (QED) is 0.0445. The summed E-state index contributed by atoms with van der Waals surface area (Å²) >= 11 is 9.72. The van der Waals surface area contributed by atoms with Crippen LogP contribution in [0.1, 0.15) is 24.0 Å². The molecule has 8 rings (SSSR count). The molecule has 0 bridgehead atoms. The van der Waals surface area contributed by atoms with Crippen molar-refractivity contribution in [1.82, 2.24) is 9.13 Å². The Kier molecular flexibility index (Phi) is 25.1. The maximum absolute atomic E-state index is 13.2. The van der Waals surface area contributed by atoms with Gasteiger partial charge in [0.1, 0.15) is 17.5 Å². The summed E-state index contributed by atoms with van der Waals surface area (Å²) in [4.78, 5) is 9.35. The Bertz CT molecular complexity index is 2130. The molecule has 17 heteroatoms. The maximum atomic E-state index is 13.2. The van der Waals surface area contributed by atoms with Gasteiger partial charge in [0, 0.05) is 75.6 Å². The summed E-state index contributed by atoms with van der Waals surface area (Å²) in [5.41, 5.74) is 8.77. The molecule has 3 heterocycles. The standard InChI is InChI=1S/C9H7BrFN.C9H6BrF.C9H9FN2.C6H3BrFNO2.C4H8O.C2H3.BrH.ClH.Mg/c1-12-5-4-6-7(10)2-3-8(11)9(6)12;10-8-4-5-9(11)7-3-1-2-6(7)8;1-12-5-4-6-8(11)3-2-7(10)9(6)12;7-4-1-2-5(8)6(3-4)9(10)11;1-2-4-5-3-1;1-2;;;/h2-5H,1H3;1-2,4-5H,3H2;2-5H,11H2,1H3;1-3H;1-4H2;1H,2H2;2*1H;/q;;;;;-1;;;+2/p-1. The van der Waals surface area contributed by atoms with Crippen LogP contribution in [0.5, 0.6) is 0 Å². The zero-order valence-electron chi connectivity index (χ0n) is 30.3. The van der Waals surface area contributed by atoms with Crippen LogP contribution in [0.25, 0.3) is 27.9 Å². The van der Waals surface area contributed by atoms with Crippen LogP contribution >= 0.6 is 60.2 Å². The molecule has 4 aromatic carbocycles. The number of hydrogen-bond donors (Lipinski definition) is 1. The minimum absolute atomic E-state index is 0. The Balaban J connectivity index is 0.000000670. The molecule has 296 valence electrons. The van der Waals surface area contributed by atoms with Crippen molar-refractivity contribution in [2.45, 2.75) is 19.3 Å². The Morgan fingerprint density at radius 3 is 1.77 bits per heavy atom. The molecular weight excluding hydrogens is 1030 g/mol. The molecule has 0 amide bonds. The maximum Gasteiger partial charge on any atom is 2.00 e. The van der Waals surface area contributed by atoms with Gasteiger partial charge in [0.05, 0.1) is 16.0 Å². The predicted molar refractivity (Wildman–Crippen MR) is 228 cm³/mol. The summed E-state index contributed by atoms with van der Waals surface area (Å²) in [5, 5.41) is 11.8. The molecule has 2 aromatic heterocycles. The number of nitrogen functional groups attached to an aromatic ring is 1. The molecule has 0 radical (unpaired) electrons. The number of halogens is 9. The van der Waals surface area contributed by atoms with E-state index in [1.54, 1.807) is 40.6 Å². The zero-order chi connectivity index (χ0) is 39.2. The fourth-order valence-corrected chi connectivity index (χ4v) is 6.46. The van der Waals surface area contributed by atoms with Gasteiger partial charge in [-0.25, -0.2) is 13.2 Å². The Morgan fingerprint density at radius 2 is 1.29 bits per heavy atom. The van der Waals surface area contributed by atoms with Crippen LogP contribution in [-0.2, 0) is 25.3 Å². The number of aromatic nitrogens is 2. The number of nitrogens with two attached hydrogens (primary N) is 1. The smallest absolute Gasteiger partial charge is 1.00 e. The van der Waals surface area contributed by atoms with E-state index in [0.29, 0.717) is 21.2 Å². The van der Waals surface area contributed by atoms with Gasteiger partial charge < -0.3 is 43.2 Å². The number of ether oxygens (including phenoxy) is 1. The first kappa shape index (κ1) is 53.3. The van der Waals surface area contributed by atoms with E-state index in [9.17, 15) is 27.7 Å². The van der Waals surface area contributed by atoms with Gasteiger partial charge in [-0.15, -0.1) is 12.4 Å². The second-order valence-electron chi connectivity index (χ2n) is 11.2. The third kappa shape index (κ3) is 14.6. The second kappa shape index (κ2) is 26.3. The number of fused-ring (bicyclic) bond motifs is 3. The molecule has 1 aliphatic heterocycles. The third-order valence-electron chi connectivity index (χ3n) is 7.74. The zero-order valence-corrected chi connectivity index (χ0v) is 38.8. The van der Waals surface area contributed by atoms with Gasteiger partial charge in [-0.3, -0.25) is 16.7 Å². The Labute approximate surface area is 381 Å². The fraction of sp³-hybridized carbons (Fsp3) is 0.179. The number of allylic oxidation sites excluding steroid dienone is 1. The SMILES string of the molecule is C1CCOC1.Cl.Cn1ccc2c(Br)ccc(F)c21.Cn1ccc2c(N)ccc(F)c21.Fc1ccc(Br)c2c1CC=C2.O=[N+]([O-])c1cc(Br)ccc1F.[Br-].[CH-]=C.[Mg+2]. The molecule has 1 saturated heterocycles. The molecule has 56 heavy (non-hydrogen) atoms. The van der Waals surface area contributed by atoms with Crippen LogP contribution in [0.2, 0.25) is 0 Å². The number of nitro benzene ring substituents is 1. The molecule has 0 spiro atoms. The molecule has 1 aliphatic carbocycles. The summed E-state index contributed by atoms with van der Waals surface area (Å²) in [7, 11) is 3.63. The van der Waals surface area contributed by atoms with Crippen LogP contribution in [0, 0.1) is 40.0 Å². The molecule has 0 unspecified atom stereocenters. The first-order valence-corrected chi connectivity index (χ1v) is 18.3. The van der Waals surface area contributed by atoms with Crippen molar-refractivity contribution in [3.63, 3.8) is 0 Å². The van der Waals surface area contributed by atoms with Crippen molar-refractivity contribution in [2.24, 2.45) is 14.1 Å². The van der Waals surface area contributed by atoms with E-state index in [4.69, 9.17) is 10.5 Å². The molecule has 7 nitrogen and oxygen atoms in total. The molecule has 0 atom stereocenters. The van der Waals surface area contributed by atoms with Gasteiger partial charge in [-0.2, -0.15) is 4.39 Å². The van der Waals surface area contributed by atoms with Crippen LogP contribution in [0.15, 0.2) is 105 Å². The first-order chi connectivity index (χ1) is 25.3. The molecule has 2 N–H and O–H groups in total. The number of rotatable bonds is 1.